The molecule has 0 bridgehead atoms. The topological polar surface area (TPSA) is 50.4 Å². The molecule has 2 N–H and O–H groups in total. The van der Waals surface area contributed by atoms with Gasteiger partial charge in [-0.05, 0) is 17.5 Å². The van der Waals surface area contributed by atoms with Crippen molar-refractivity contribution in [1.29, 1.82) is 0 Å². The predicted octanol–water partition coefficient (Wildman–Crippen LogP) is 2.92. The Hall–Kier alpha value is -1.43. The molecule has 0 spiro atoms. The lowest BCUT2D eigenvalue weighted by Gasteiger charge is -2.23. The zero-order chi connectivity index (χ0) is 14.7. The summed E-state index contributed by atoms with van der Waals surface area (Å²) in [6.07, 6.45) is 0.331. The van der Waals surface area contributed by atoms with E-state index in [2.05, 4.69) is 26.6 Å². The molecule has 1 aliphatic heterocycles. The molecule has 1 aliphatic rings. The van der Waals surface area contributed by atoms with Crippen LogP contribution in [-0.4, -0.2) is 31.7 Å². The van der Waals surface area contributed by atoms with E-state index < -0.39 is 0 Å². The first-order valence-corrected chi connectivity index (χ1v) is 7.83. The Labute approximate surface area is 132 Å². The second-order valence-corrected chi connectivity index (χ2v) is 5.94. The first-order chi connectivity index (χ1) is 10.2. The van der Waals surface area contributed by atoms with Crippen molar-refractivity contribution in [3.8, 4) is 0 Å². The van der Waals surface area contributed by atoms with E-state index in [1.807, 2.05) is 36.4 Å². The highest BCUT2D eigenvalue weighted by Gasteiger charge is 2.17. The van der Waals surface area contributed by atoms with Crippen molar-refractivity contribution in [2.75, 3.05) is 25.0 Å². The summed E-state index contributed by atoms with van der Waals surface area (Å²) >= 11 is 3.54. The minimum Gasteiger partial charge on any atom is -0.375 e. The quantitative estimate of drug-likeness (QED) is 0.896. The lowest BCUT2D eigenvalue weighted by molar-refractivity contribution is -0.119. The Morgan fingerprint density at radius 1 is 1.29 bits per heavy atom. The summed E-state index contributed by atoms with van der Waals surface area (Å²) in [4.78, 5) is 12.2. The number of ether oxygens (including phenoxy) is 1. The second kappa shape index (κ2) is 6.56. The third kappa shape index (κ3) is 3.43. The summed E-state index contributed by atoms with van der Waals surface area (Å²) in [6.45, 7) is 2.25. The lowest BCUT2D eigenvalue weighted by atomic mass is 10.1. The van der Waals surface area contributed by atoms with Crippen LogP contribution in [0.4, 0.5) is 5.69 Å². The SMILES string of the molecule is O=C(CC1CNCCO1)Nc1ccc(Br)c2ccccc12. The van der Waals surface area contributed by atoms with Crippen molar-refractivity contribution in [3.63, 3.8) is 0 Å². The van der Waals surface area contributed by atoms with Gasteiger partial charge in [-0.2, -0.15) is 0 Å². The van der Waals surface area contributed by atoms with Gasteiger partial charge in [0.2, 0.25) is 5.91 Å². The molecule has 0 radical (unpaired) electrons. The van der Waals surface area contributed by atoms with Crippen LogP contribution < -0.4 is 10.6 Å². The fourth-order valence-corrected chi connectivity index (χ4v) is 3.01. The van der Waals surface area contributed by atoms with Gasteiger partial charge in [-0.15, -0.1) is 0 Å². The zero-order valence-corrected chi connectivity index (χ0v) is 13.2. The molecular formula is C16H17BrN2O2. The maximum Gasteiger partial charge on any atom is 0.227 e. The minimum atomic E-state index is -0.0412. The van der Waals surface area contributed by atoms with Gasteiger partial charge in [0.15, 0.2) is 0 Å². The Kier molecular flexibility index (Phi) is 4.53. The average Bonchev–Trinajstić information content (AvgIpc) is 2.51. The lowest BCUT2D eigenvalue weighted by Crippen LogP contribution is -2.40. The molecule has 21 heavy (non-hydrogen) atoms. The Balaban J connectivity index is 1.75. The number of fused-ring (bicyclic) bond motifs is 1. The van der Waals surface area contributed by atoms with Gasteiger partial charge in [0.1, 0.15) is 0 Å². The summed E-state index contributed by atoms with van der Waals surface area (Å²) in [6, 6.07) is 11.9. The van der Waals surface area contributed by atoms with Gasteiger partial charge in [-0.25, -0.2) is 0 Å². The fraction of sp³-hybridized carbons (Fsp3) is 0.312. The molecule has 0 aromatic heterocycles. The van der Waals surface area contributed by atoms with Gasteiger partial charge >= 0.3 is 0 Å². The number of benzene rings is 2. The van der Waals surface area contributed by atoms with E-state index in [4.69, 9.17) is 4.74 Å². The third-order valence-corrected chi connectivity index (χ3v) is 4.25. The van der Waals surface area contributed by atoms with Gasteiger partial charge in [-0.1, -0.05) is 40.2 Å². The van der Waals surface area contributed by atoms with Crippen molar-refractivity contribution in [2.45, 2.75) is 12.5 Å². The van der Waals surface area contributed by atoms with E-state index in [1.165, 1.54) is 0 Å². The number of nitrogens with one attached hydrogen (secondary N) is 2. The van der Waals surface area contributed by atoms with Crippen LogP contribution in [0, 0.1) is 0 Å². The van der Waals surface area contributed by atoms with E-state index in [0.717, 1.165) is 34.0 Å². The molecule has 2 aromatic rings. The Morgan fingerprint density at radius 3 is 2.86 bits per heavy atom. The molecule has 0 aliphatic carbocycles. The molecule has 1 saturated heterocycles. The van der Waals surface area contributed by atoms with Crippen LogP contribution in [0.1, 0.15) is 6.42 Å². The smallest absolute Gasteiger partial charge is 0.227 e. The van der Waals surface area contributed by atoms with Crippen LogP contribution in [-0.2, 0) is 9.53 Å². The Bertz CT molecular complexity index is 654. The summed E-state index contributed by atoms with van der Waals surface area (Å²) in [7, 11) is 0. The van der Waals surface area contributed by atoms with Crippen LogP contribution in [0.25, 0.3) is 10.8 Å². The first kappa shape index (κ1) is 14.5. The van der Waals surface area contributed by atoms with Gasteiger partial charge in [0, 0.05) is 28.6 Å². The number of hydrogen-bond acceptors (Lipinski definition) is 3. The molecule has 5 heteroatoms. The van der Waals surface area contributed by atoms with Crippen molar-refractivity contribution in [2.24, 2.45) is 0 Å². The molecular weight excluding hydrogens is 332 g/mol. The molecule has 1 heterocycles. The number of anilines is 1. The number of rotatable bonds is 3. The normalized spacial score (nSPS) is 18.6. The standard InChI is InChI=1S/C16H17BrN2O2/c17-14-5-6-15(13-4-2-1-3-12(13)14)19-16(20)9-11-10-18-7-8-21-11/h1-6,11,18H,7-10H2,(H,19,20). The van der Waals surface area contributed by atoms with Crippen molar-refractivity contribution in [3.05, 3.63) is 40.9 Å². The largest absolute Gasteiger partial charge is 0.375 e. The molecule has 0 saturated carbocycles. The van der Waals surface area contributed by atoms with Crippen LogP contribution in [0.15, 0.2) is 40.9 Å². The Morgan fingerprint density at radius 2 is 2.10 bits per heavy atom. The maximum atomic E-state index is 12.2. The molecule has 1 atom stereocenters. The number of carbonyl (C=O) groups excluding carboxylic acids is 1. The predicted molar refractivity (Wildman–Crippen MR) is 87.5 cm³/mol. The number of amides is 1. The van der Waals surface area contributed by atoms with Crippen LogP contribution >= 0.6 is 15.9 Å². The van der Waals surface area contributed by atoms with E-state index in [0.29, 0.717) is 13.0 Å². The van der Waals surface area contributed by atoms with Gasteiger partial charge in [0.25, 0.3) is 0 Å². The summed E-state index contributed by atoms with van der Waals surface area (Å²) in [5.74, 6) is -0.0174. The fourth-order valence-electron chi connectivity index (χ4n) is 2.53. The van der Waals surface area contributed by atoms with Gasteiger partial charge in [0.05, 0.1) is 19.1 Å². The molecule has 4 nitrogen and oxygen atoms in total. The molecule has 2 aromatic carbocycles. The van der Waals surface area contributed by atoms with Crippen molar-refractivity contribution >= 4 is 38.3 Å². The van der Waals surface area contributed by atoms with Crippen LogP contribution in [0.5, 0.6) is 0 Å². The van der Waals surface area contributed by atoms with Crippen LogP contribution in [0.3, 0.4) is 0 Å². The summed E-state index contributed by atoms with van der Waals surface area (Å²) in [5, 5.41) is 8.34. The average molecular weight is 349 g/mol. The zero-order valence-electron chi connectivity index (χ0n) is 11.6. The molecule has 110 valence electrons. The van der Waals surface area contributed by atoms with Crippen molar-refractivity contribution < 1.29 is 9.53 Å². The van der Waals surface area contributed by atoms with Gasteiger partial charge in [-0.3, -0.25) is 4.79 Å². The number of carbonyl (C=O) groups is 1. The monoisotopic (exact) mass is 348 g/mol. The van der Waals surface area contributed by atoms with E-state index >= 15 is 0 Å². The van der Waals surface area contributed by atoms with Gasteiger partial charge < -0.3 is 15.4 Å². The maximum absolute atomic E-state index is 12.2. The van der Waals surface area contributed by atoms with E-state index in [9.17, 15) is 4.79 Å². The molecule has 1 amide bonds. The minimum absolute atomic E-state index is 0.0174. The summed E-state index contributed by atoms with van der Waals surface area (Å²) < 4.78 is 6.59. The van der Waals surface area contributed by atoms with Crippen molar-refractivity contribution in [1.82, 2.24) is 5.32 Å². The molecule has 1 fully saturated rings. The highest BCUT2D eigenvalue weighted by Crippen LogP contribution is 2.30. The number of halogens is 1. The van der Waals surface area contributed by atoms with Crippen LogP contribution in [0.2, 0.25) is 0 Å². The van der Waals surface area contributed by atoms with E-state index in [-0.39, 0.29) is 12.0 Å². The molecule has 1 unspecified atom stereocenters. The highest BCUT2D eigenvalue weighted by molar-refractivity contribution is 9.10. The second-order valence-electron chi connectivity index (χ2n) is 5.09. The molecule has 3 rings (SSSR count). The van der Waals surface area contributed by atoms with E-state index in [1.54, 1.807) is 0 Å². The number of morpholine rings is 1. The summed E-state index contributed by atoms with van der Waals surface area (Å²) in [5.41, 5.74) is 0.836. The number of hydrogen-bond donors (Lipinski definition) is 2. The third-order valence-electron chi connectivity index (χ3n) is 3.56. The first-order valence-electron chi connectivity index (χ1n) is 7.03. The highest BCUT2D eigenvalue weighted by atomic mass is 79.9.